The molecule has 1 heterocycles. The Morgan fingerprint density at radius 2 is 1.69 bits per heavy atom. The van der Waals surface area contributed by atoms with Crippen molar-refractivity contribution < 1.29 is 14.5 Å². The summed E-state index contributed by atoms with van der Waals surface area (Å²) >= 11 is 0. The van der Waals surface area contributed by atoms with Crippen LogP contribution in [0.3, 0.4) is 0 Å². The zero-order chi connectivity index (χ0) is 20.6. The van der Waals surface area contributed by atoms with E-state index in [2.05, 4.69) is 20.5 Å². The van der Waals surface area contributed by atoms with E-state index in [1.807, 2.05) is 30.3 Å². The molecular formula is C20H17N5O4. The number of pyridine rings is 1. The Bertz CT molecular complexity index is 1040. The van der Waals surface area contributed by atoms with Gasteiger partial charge in [-0.2, -0.15) is 10.2 Å². The van der Waals surface area contributed by atoms with E-state index in [1.165, 1.54) is 6.07 Å². The summed E-state index contributed by atoms with van der Waals surface area (Å²) in [6.07, 6.45) is 0. The van der Waals surface area contributed by atoms with Gasteiger partial charge in [-0.15, -0.1) is 0 Å². The van der Waals surface area contributed by atoms with Crippen molar-refractivity contribution in [2.45, 2.75) is 6.92 Å². The van der Waals surface area contributed by atoms with Gasteiger partial charge in [-0.25, -0.2) is 0 Å². The average Bonchev–Trinajstić information content (AvgIpc) is 2.73. The number of carbonyl (C=O) groups is 1. The lowest BCUT2D eigenvalue weighted by Crippen LogP contribution is -2.20. The van der Waals surface area contributed by atoms with Crippen LogP contribution in [0.25, 0.3) is 0 Å². The van der Waals surface area contributed by atoms with E-state index in [9.17, 15) is 14.9 Å². The number of hydrogen-bond acceptors (Lipinski definition) is 7. The van der Waals surface area contributed by atoms with Crippen LogP contribution < -0.4 is 10.1 Å². The topological polar surface area (TPSA) is 119 Å². The summed E-state index contributed by atoms with van der Waals surface area (Å²) < 4.78 is 5.25. The minimum Gasteiger partial charge on any atom is -0.476 e. The maximum Gasteiger partial charge on any atom is 0.406 e. The first-order chi connectivity index (χ1) is 14.0. The summed E-state index contributed by atoms with van der Waals surface area (Å²) in [4.78, 5) is 26.3. The molecule has 0 fully saturated rings. The standard InChI is InChI=1S/C20H17N5O4/c1-14-7-12-18(20(21-14)25(27)28)29-13-19(26)22-15-8-10-17(11-9-15)24-23-16-5-3-2-4-6-16/h2-12H,13H2,1H3,(H,22,26). The van der Waals surface area contributed by atoms with Crippen molar-refractivity contribution in [3.63, 3.8) is 0 Å². The summed E-state index contributed by atoms with van der Waals surface area (Å²) in [6, 6.07) is 19.1. The molecule has 3 rings (SSSR count). The van der Waals surface area contributed by atoms with E-state index in [1.54, 1.807) is 37.3 Å². The highest BCUT2D eigenvalue weighted by molar-refractivity contribution is 5.92. The van der Waals surface area contributed by atoms with Crippen LogP contribution in [-0.4, -0.2) is 22.4 Å². The van der Waals surface area contributed by atoms with Crippen molar-refractivity contribution in [2.75, 3.05) is 11.9 Å². The Morgan fingerprint density at radius 3 is 2.34 bits per heavy atom. The lowest BCUT2D eigenvalue weighted by Gasteiger charge is -2.08. The predicted molar refractivity (Wildman–Crippen MR) is 107 cm³/mol. The first kappa shape index (κ1) is 19.6. The van der Waals surface area contributed by atoms with Crippen LogP contribution >= 0.6 is 0 Å². The summed E-state index contributed by atoms with van der Waals surface area (Å²) in [5.41, 5.74) is 2.39. The molecule has 1 aromatic heterocycles. The van der Waals surface area contributed by atoms with Crippen LogP contribution in [0, 0.1) is 17.0 Å². The fraction of sp³-hybridized carbons (Fsp3) is 0.100. The molecule has 0 atom stereocenters. The minimum absolute atomic E-state index is 0.0626. The monoisotopic (exact) mass is 391 g/mol. The number of anilines is 1. The zero-order valence-corrected chi connectivity index (χ0v) is 15.5. The fourth-order valence-electron chi connectivity index (χ4n) is 2.34. The molecule has 9 nitrogen and oxygen atoms in total. The van der Waals surface area contributed by atoms with Gasteiger partial charge < -0.3 is 20.2 Å². The van der Waals surface area contributed by atoms with Gasteiger partial charge in [0, 0.05) is 12.6 Å². The third kappa shape index (κ3) is 5.67. The molecule has 0 aliphatic heterocycles. The van der Waals surface area contributed by atoms with Crippen LogP contribution in [0.4, 0.5) is 22.9 Å². The van der Waals surface area contributed by atoms with E-state index >= 15 is 0 Å². The molecule has 0 spiro atoms. The highest BCUT2D eigenvalue weighted by Gasteiger charge is 2.18. The zero-order valence-electron chi connectivity index (χ0n) is 15.5. The third-order valence-electron chi connectivity index (χ3n) is 3.70. The number of nitro groups is 1. The molecule has 0 saturated heterocycles. The molecule has 3 aromatic rings. The Balaban J connectivity index is 1.56. The second-order valence-electron chi connectivity index (χ2n) is 5.95. The quantitative estimate of drug-likeness (QED) is 0.355. The second kappa shape index (κ2) is 9.18. The first-order valence-corrected chi connectivity index (χ1v) is 8.63. The summed E-state index contributed by atoms with van der Waals surface area (Å²) in [5, 5.41) is 21.9. The molecule has 0 bridgehead atoms. The van der Waals surface area contributed by atoms with Crippen LogP contribution in [0.2, 0.25) is 0 Å². The number of benzene rings is 2. The number of aryl methyl sites for hydroxylation is 1. The van der Waals surface area contributed by atoms with Gasteiger partial charge in [0.25, 0.3) is 5.91 Å². The van der Waals surface area contributed by atoms with Crippen molar-refractivity contribution in [1.82, 2.24) is 4.98 Å². The molecule has 0 radical (unpaired) electrons. The predicted octanol–water partition coefficient (Wildman–Crippen LogP) is 4.73. The lowest BCUT2D eigenvalue weighted by molar-refractivity contribution is -0.390. The Labute approximate surface area is 166 Å². The fourth-order valence-corrected chi connectivity index (χ4v) is 2.34. The number of amides is 1. The molecule has 29 heavy (non-hydrogen) atoms. The molecule has 0 aliphatic carbocycles. The second-order valence-corrected chi connectivity index (χ2v) is 5.95. The van der Waals surface area contributed by atoms with Crippen LogP contribution in [0.15, 0.2) is 77.0 Å². The van der Waals surface area contributed by atoms with Crippen LogP contribution in [0.1, 0.15) is 5.69 Å². The average molecular weight is 391 g/mol. The number of azo groups is 1. The van der Waals surface area contributed by atoms with E-state index < -0.39 is 16.6 Å². The maximum atomic E-state index is 12.1. The molecular weight excluding hydrogens is 374 g/mol. The number of hydrogen-bond donors (Lipinski definition) is 1. The van der Waals surface area contributed by atoms with Crippen molar-refractivity contribution in [3.05, 3.63) is 82.5 Å². The van der Waals surface area contributed by atoms with Gasteiger partial charge in [0.05, 0.1) is 11.4 Å². The number of ether oxygens (including phenoxy) is 1. The molecule has 0 aliphatic rings. The summed E-state index contributed by atoms with van der Waals surface area (Å²) in [7, 11) is 0. The summed E-state index contributed by atoms with van der Waals surface area (Å²) in [5.74, 6) is -0.947. The third-order valence-corrected chi connectivity index (χ3v) is 3.70. The minimum atomic E-state index is -0.650. The van der Waals surface area contributed by atoms with E-state index in [-0.39, 0.29) is 12.4 Å². The van der Waals surface area contributed by atoms with Crippen LogP contribution in [0.5, 0.6) is 5.75 Å². The van der Waals surface area contributed by atoms with E-state index in [4.69, 9.17) is 4.74 Å². The van der Waals surface area contributed by atoms with Gasteiger partial charge in [0.1, 0.15) is 5.69 Å². The smallest absolute Gasteiger partial charge is 0.406 e. The highest BCUT2D eigenvalue weighted by atomic mass is 16.6. The van der Waals surface area contributed by atoms with Gasteiger partial charge in [-0.05, 0) is 58.4 Å². The number of nitrogens with zero attached hydrogens (tertiary/aromatic N) is 4. The summed E-state index contributed by atoms with van der Waals surface area (Å²) in [6.45, 7) is 1.24. The van der Waals surface area contributed by atoms with Gasteiger partial charge in [-0.3, -0.25) is 4.79 Å². The first-order valence-electron chi connectivity index (χ1n) is 8.63. The van der Waals surface area contributed by atoms with E-state index in [0.717, 1.165) is 5.69 Å². The Kier molecular flexibility index (Phi) is 6.21. The number of nitrogens with one attached hydrogen (secondary N) is 1. The Hall–Kier alpha value is -4.14. The Morgan fingerprint density at radius 1 is 1.03 bits per heavy atom. The SMILES string of the molecule is Cc1ccc(OCC(=O)Nc2ccc(N=Nc3ccccc3)cc2)c([N+](=O)[O-])n1. The van der Waals surface area contributed by atoms with Crippen molar-refractivity contribution in [1.29, 1.82) is 0 Å². The van der Waals surface area contributed by atoms with Crippen molar-refractivity contribution in [3.8, 4) is 5.75 Å². The molecule has 9 heteroatoms. The van der Waals surface area contributed by atoms with Crippen molar-refractivity contribution >= 4 is 28.8 Å². The number of carbonyl (C=O) groups excluding carboxylic acids is 1. The molecule has 146 valence electrons. The normalized spacial score (nSPS) is 10.7. The maximum absolute atomic E-state index is 12.1. The van der Waals surface area contributed by atoms with E-state index in [0.29, 0.717) is 17.1 Å². The van der Waals surface area contributed by atoms with Crippen molar-refractivity contribution in [2.24, 2.45) is 10.2 Å². The largest absolute Gasteiger partial charge is 0.476 e. The van der Waals surface area contributed by atoms with Gasteiger partial charge in [0.2, 0.25) is 5.75 Å². The van der Waals surface area contributed by atoms with Gasteiger partial charge >= 0.3 is 5.82 Å². The molecule has 2 aromatic carbocycles. The molecule has 0 unspecified atom stereocenters. The molecule has 1 amide bonds. The number of aromatic nitrogens is 1. The lowest BCUT2D eigenvalue weighted by atomic mass is 10.3. The molecule has 1 N–H and O–H groups in total. The van der Waals surface area contributed by atoms with Crippen LogP contribution in [-0.2, 0) is 4.79 Å². The number of rotatable bonds is 7. The highest BCUT2D eigenvalue weighted by Crippen LogP contribution is 2.24. The van der Waals surface area contributed by atoms with Gasteiger partial charge in [-0.1, -0.05) is 18.2 Å². The van der Waals surface area contributed by atoms with Gasteiger partial charge in [0.15, 0.2) is 6.61 Å². The molecule has 0 saturated carbocycles.